The van der Waals surface area contributed by atoms with Gasteiger partial charge in [0.05, 0.1) is 6.61 Å². The van der Waals surface area contributed by atoms with Gasteiger partial charge in [-0.05, 0) is 34.2 Å². The second kappa shape index (κ2) is 9.33. The van der Waals surface area contributed by atoms with Gasteiger partial charge in [0.15, 0.2) is 0 Å². The molecule has 0 aliphatic carbocycles. The van der Waals surface area contributed by atoms with Gasteiger partial charge in [-0.2, -0.15) is 15.0 Å². The number of aromatic nitrogens is 3. The molecular weight excluding hydrogens is 268 g/mol. The van der Waals surface area contributed by atoms with Gasteiger partial charge >= 0.3 is 6.01 Å². The Morgan fingerprint density at radius 1 is 1.10 bits per heavy atom. The van der Waals surface area contributed by atoms with Crippen molar-refractivity contribution in [2.24, 2.45) is 0 Å². The Morgan fingerprint density at radius 3 is 2.33 bits per heavy atom. The lowest BCUT2D eigenvalue weighted by Crippen LogP contribution is -2.33. The Kier molecular flexibility index (Phi) is 7.74. The number of nitrogens with zero attached hydrogens (tertiary/aromatic N) is 4. The average molecular weight is 296 g/mol. The Hall–Kier alpha value is -1.63. The predicted octanol–water partition coefficient (Wildman–Crippen LogP) is 1.84. The highest BCUT2D eigenvalue weighted by Crippen LogP contribution is 2.11. The van der Waals surface area contributed by atoms with Crippen molar-refractivity contribution in [1.29, 1.82) is 0 Å². The molecule has 1 atom stereocenters. The maximum absolute atomic E-state index is 5.36. The molecule has 1 heterocycles. The van der Waals surface area contributed by atoms with E-state index >= 15 is 0 Å². The van der Waals surface area contributed by atoms with E-state index < -0.39 is 0 Å². The summed E-state index contributed by atoms with van der Waals surface area (Å²) >= 11 is 0. The van der Waals surface area contributed by atoms with Crippen LogP contribution in [0.25, 0.3) is 0 Å². The highest BCUT2D eigenvalue weighted by Gasteiger charge is 2.08. The third kappa shape index (κ3) is 6.12. The van der Waals surface area contributed by atoms with Gasteiger partial charge in [0, 0.05) is 25.7 Å². The molecule has 1 aromatic rings. The lowest BCUT2D eigenvalue weighted by atomic mass is 10.2. The number of hydrogen-bond donors (Lipinski definition) is 2. The molecule has 1 aromatic heterocycles. The van der Waals surface area contributed by atoms with Crippen LogP contribution in [0.3, 0.4) is 0 Å². The van der Waals surface area contributed by atoms with E-state index in [9.17, 15) is 0 Å². The Balaban J connectivity index is 2.60. The smallest absolute Gasteiger partial charge is 0.323 e. The van der Waals surface area contributed by atoms with Gasteiger partial charge in [-0.15, -0.1) is 0 Å². The molecule has 21 heavy (non-hydrogen) atoms. The van der Waals surface area contributed by atoms with Crippen molar-refractivity contribution in [2.45, 2.75) is 40.2 Å². The lowest BCUT2D eigenvalue weighted by Gasteiger charge is -2.23. The van der Waals surface area contributed by atoms with Crippen LogP contribution in [0.5, 0.6) is 6.01 Å². The van der Waals surface area contributed by atoms with Crippen molar-refractivity contribution in [3.63, 3.8) is 0 Å². The monoisotopic (exact) mass is 296 g/mol. The molecule has 0 saturated heterocycles. The van der Waals surface area contributed by atoms with Gasteiger partial charge in [-0.25, -0.2) is 0 Å². The molecule has 0 saturated carbocycles. The van der Waals surface area contributed by atoms with E-state index in [-0.39, 0.29) is 0 Å². The quantitative estimate of drug-likeness (QED) is 0.682. The molecule has 0 aromatic carbocycles. The van der Waals surface area contributed by atoms with Crippen molar-refractivity contribution in [3.8, 4) is 6.01 Å². The number of hydrogen-bond acceptors (Lipinski definition) is 7. The summed E-state index contributed by atoms with van der Waals surface area (Å²) in [6.45, 7) is 11.3. The minimum absolute atomic E-state index is 0.348. The minimum atomic E-state index is 0.348. The van der Waals surface area contributed by atoms with Gasteiger partial charge in [0.1, 0.15) is 0 Å². The van der Waals surface area contributed by atoms with Crippen LogP contribution in [0.1, 0.15) is 34.1 Å². The van der Waals surface area contributed by atoms with Crippen molar-refractivity contribution >= 4 is 11.9 Å². The number of likely N-dealkylation sites (N-methyl/N-ethyl adjacent to an activating group) is 1. The zero-order chi connectivity index (χ0) is 15.7. The van der Waals surface area contributed by atoms with E-state index in [0.717, 1.165) is 26.1 Å². The number of ether oxygens (including phenoxy) is 1. The van der Waals surface area contributed by atoms with Crippen LogP contribution in [0.2, 0.25) is 0 Å². The molecule has 0 amide bonds. The molecule has 7 nitrogen and oxygen atoms in total. The van der Waals surface area contributed by atoms with Gasteiger partial charge in [0.25, 0.3) is 0 Å². The average Bonchev–Trinajstić information content (AvgIpc) is 2.46. The molecule has 0 fully saturated rings. The van der Waals surface area contributed by atoms with Crippen LogP contribution in [0.4, 0.5) is 11.9 Å². The molecule has 0 radical (unpaired) electrons. The van der Waals surface area contributed by atoms with Gasteiger partial charge < -0.3 is 20.3 Å². The fraction of sp³-hybridized carbons (Fsp3) is 0.786. The van der Waals surface area contributed by atoms with E-state index in [1.165, 1.54) is 0 Å². The van der Waals surface area contributed by atoms with Gasteiger partial charge in [0.2, 0.25) is 11.9 Å². The molecule has 1 rings (SSSR count). The first kappa shape index (κ1) is 17.4. The van der Waals surface area contributed by atoms with Crippen LogP contribution < -0.4 is 15.4 Å². The highest BCUT2D eigenvalue weighted by molar-refractivity contribution is 5.35. The molecular formula is C14H28N6O. The van der Waals surface area contributed by atoms with E-state index in [2.05, 4.69) is 51.4 Å². The largest absolute Gasteiger partial charge is 0.464 e. The minimum Gasteiger partial charge on any atom is -0.464 e. The fourth-order valence-electron chi connectivity index (χ4n) is 1.74. The van der Waals surface area contributed by atoms with Gasteiger partial charge in [-0.3, -0.25) is 0 Å². The number of nitrogens with one attached hydrogen (secondary N) is 2. The number of anilines is 2. The molecule has 1 unspecified atom stereocenters. The molecule has 0 bridgehead atoms. The summed E-state index contributed by atoms with van der Waals surface area (Å²) in [4.78, 5) is 15.1. The van der Waals surface area contributed by atoms with Crippen LogP contribution in [-0.2, 0) is 0 Å². The third-order valence-electron chi connectivity index (χ3n) is 3.31. The van der Waals surface area contributed by atoms with Crippen LogP contribution in [0, 0.1) is 0 Å². The van der Waals surface area contributed by atoms with Crippen LogP contribution in [0.15, 0.2) is 0 Å². The van der Waals surface area contributed by atoms with Crippen LogP contribution in [-0.4, -0.2) is 59.2 Å². The first-order chi connectivity index (χ1) is 10.1. The van der Waals surface area contributed by atoms with Crippen molar-refractivity contribution in [3.05, 3.63) is 0 Å². The lowest BCUT2D eigenvalue weighted by molar-refractivity contribution is 0.261. The summed E-state index contributed by atoms with van der Waals surface area (Å²) in [5.74, 6) is 1.08. The van der Waals surface area contributed by atoms with Crippen molar-refractivity contribution in [2.75, 3.05) is 43.9 Å². The maximum Gasteiger partial charge on any atom is 0.323 e. The zero-order valence-corrected chi connectivity index (χ0v) is 13.8. The molecule has 7 heteroatoms. The van der Waals surface area contributed by atoms with Gasteiger partial charge in [-0.1, -0.05) is 6.92 Å². The molecule has 0 aliphatic heterocycles. The first-order valence-electron chi connectivity index (χ1n) is 7.67. The van der Waals surface area contributed by atoms with E-state index in [4.69, 9.17) is 4.74 Å². The third-order valence-corrected chi connectivity index (χ3v) is 3.31. The topological polar surface area (TPSA) is 75.2 Å². The second-order valence-corrected chi connectivity index (χ2v) is 4.89. The SMILES string of the molecule is CCNc1nc(NCCN(C)C(C)CC)nc(OCC)n1. The summed E-state index contributed by atoms with van der Waals surface area (Å²) < 4.78 is 5.36. The van der Waals surface area contributed by atoms with Crippen LogP contribution >= 0.6 is 0 Å². The summed E-state index contributed by atoms with van der Waals surface area (Å²) in [5, 5.41) is 6.31. The Labute approximate surface area is 127 Å². The van der Waals surface area contributed by atoms with Crippen molar-refractivity contribution in [1.82, 2.24) is 19.9 Å². The fourth-order valence-corrected chi connectivity index (χ4v) is 1.74. The first-order valence-corrected chi connectivity index (χ1v) is 7.67. The maximum atomic E-state index is 5.36. The van der Waals surface area contributed by atoms with E-state index in [0.29, 0.717) is 30.6 Å². The molecule has 120 valence electrons. The summed E-state index contributed by atoms with van der Waals surface area (Å²) in [7, 11) is 2.12. The summed E-state index contributed by atoms with van der Waals surface area (Å²) in [6.07, 6.45) is 1.14. The Morgan fingerprint density at radius 2 is 1.76 bits per heavy atom. The molecule has 0 aliphatic rings. The van der Waals surface area contributed by atoms with E-state index in [1.807, 2.05) is 13.8 Å². The normalized spacial score (nSPS) is 12.3. The second-order valence-electron chi connectivity index (χ2n) is 4.89. The predicted molar refractivity (Wildman–Crippen MR) is 86.0 cm³/mol. The molecule has 2 N–H and O–H groups in total. The standard InChI is InChI=1S/C14H28N6O/c1-6-11(4)20(5)10-9-16-13-17-12(15-7-2)18-14(19-13)21-8-3/h11H,6-10H2,1-5H3,(H2,15,16,17,18,19). The van der Waals surface area contributed by atoms with Crippen molar-refractivity contribution < 1.29 is 4.74 Å². The highest BCUT2D eigenvalue weighted by atomic mass is 16.5. The Bertz CT molecular complexity index is 390. The zero-order valence-electron chi connectivity index (χ0n) is 13.8. The molecule has 0 spiro atoms. The summed E-state index contributed by atoms with van der Waals surface area (Å²) in [6, 6.07) is 0.919. The number of rotatable bonds is 10. The van der Waals surface area contributed by atoms with E-state index in [1.54, 1.807) is 0 Å². The summed E-state index contributed by atoms with van der Waals surface area (Å²) in [5.41, 5.74) is 0.